The first-order valence-corrected chi connectivity index (χ1v) is 16.3. The van der Waals surface area contributed by atoms with Crippen molar-refractivity contribution in [3.63, 3.8) is 0 Å². The number of ether oxygens (including phenoxy) is 1. The SMILES string of the molecule is CCCCCCCCCCCCCCCCCCOP(=O)(O)OC[C@H]1OC(Nc2cc[nH]c(=O)n2)[C@@H](O)[C@@H]1O. The molecule has 2 unspecified atom stereocenters. The Balaban J connectivity index is 1.45. The Kier molecular flexibility index (Phi) is 17.1. The molecule has 12 heteroatoms. The Bertz CT molecular complexity index is 873. The van der Waals surface area contributed by atoms with Gasteiger partial charge in [0.25, 0.3) is 0 Å². The minimum absolute atomic E-state index is 0.0985. The predicted octanol–water partition coefficient (Wildman–Crippen LogP) is 5.02. The van der Waals surface area contributed by atoms with E-state index in [1.54, 1.807) is 0 Å². The van der Waals surface area contributed by atoms with Gasteiger partial charge in [0, 0.05) is 6.20 Å². The molecule has 1 fully saturated rings. The summed E-state index contributed by atoms with van der Waals surface area (Å²) in [5.74, 6) is 0.145. The molecule has 0 aliphatic carbocycles. The number of unbranched alkanes of at least 4 members (excludes halogenated alkanes) is 15. The molecular weight excluding hydrogens is 525 g/mol. The highest BCUT2D eigenvalue weighted by Gasteiger charge is 2.44. The monoisotopic (exact) mass is 575 g/mol. The number of aliphatic hydroxyl groups is 2. The van der Waals surface area contributed by atoms with Crippen molar-refractivity contribution in [2.45, 2.75) is 134 Å². The molecule has 0 saturated carbocycles. The van der Waals surface area contributed by atoms with Crippen LogP contribution in [0.2, 0.25) is 0 Å². The van der Waals surface area contributed by atoms with Crippen LogP contribution in [0, 0.1) is 0 Å². The van der Waals surface area contributed by atoms with Gasteiger partial charge >= 0.3 is 13.5 Å². The number of aliphatic hydroxyl groups excluding tert-OH is 2. The smallest absolute Gasteiger partial charge is 0.387 e. The van der Waals surface area contributed by atoms with Crippen molar-refractivity contribution in [3.05, 3.63) is 22.7 Å². The minimum atomic E-state index is -4.32. The molecule has 1 saturated heterocycles. The summed E-state index contributed by atoms with van der Waals surface area (Å²) in [7, 11) is -4.32. The van der Waals surface area contributed by atoms with Crippen LogP contribution in [-0.4, -0.2) is 62.8 Å². The number of H-pyrrole nitrogens is 1. The van der Waals surface area contributed by atoms with Crippen molar-refractivity contribution in [3.8, 4) is 0 Å². The van der Waals surface area contributed by atoms with E-state index in [2.05, 4.69) is 22.2 Å². The number of hydrogen-bond acceptors (Lipinski definition) is 9. The number of nitrogens with one attached hydrogen (secondary N) is 2. The number of rotatable bonds is 23. The Labute approximate surface area is 232 Å². The second kappa shape index (κ2) is 19.7. The Morgan fingerprint density at radius 1 is 0.897 bits per heavy atom. The van der Waals surface area contributed by atoms with Crippen LogP contribution in [0.25, 0.3) is 0 Å². The van der Waals surface area contributed by atoms with Crippen LogP contribution in [0.15, 0.2) is 17.1 Å². The van der Waals surface area contributed by atoms with Gasteiger partial charge in [0.1, 0.15) is 24.1 Å². The number of anilines is 1. The molecule has 0 radical (unpaired) electrons. The summed E-state index contributed by atoms with van der Waals surface area (Å²) in [6.45, 7) is 1.90. The first kappa shape index (κ1) is 33.9. The maximum atomic E-state index is 12.2. The van der Waals surface area contributed by atoms with E-state index in [0.717, 1.165) is 19.3 Å². The van der Waals surface area contributed by atoms with Gasteiger partial charge in [-0.15, -0.1) is 0 Å². The van der Waals surface area contributed by atoms with Crippen molar-refractivity contribution in [1.29, 1.82) is 0 Å². The first-order chi connectivity index (χ1) is 18.8. The van der Waals surface area contributed by atoms with Gasteiger partial charge in [0.15, 0.2) is 6.23 Å². The maximum absolute atomic E-state index is 12.2. The summed E-state index contributed by atoms with van der Waals surface area (Å²) in [5, 5.41) is 23.1. The van der Waals surface area contributed by atoms with E-state index in [9.17, 15) is 24.5 Å². The Morgan fingerprint density at radius 2 is 1.44 bits per heavy atom. The molecule has 0 amide bonds. The van der Waals surface area contributed by atoms with Gasteiger partial charge < -0.3 is 30.1 Å². The lowest BCUT2D eigenvalue weighted by molar-refractivity contribution is -0.0175. The first-order valence-electron chi connectivity index (χ1n) is 14.8. The zero-order chi connectivity index (χ0) is 28.3. The summed E-state index contributed by atoms with van der Waals surface area (Å²) in [5.41, 5.74) is -0.587. The Morgan fingerprint density at radius 3 is 1.97 bits per heavy atom. The fraction of sp³-hybridized carbons (Fsp3) is 0.852. The molecule has 2 heterocycles. The van der Waals surface area contributed by atoms with Crippen molar-refractivity contribution in [1.82, 2.24) is 9.97 Å². The summed E-state index contributed by atoms with van der Waals surface area (Å²) >= 11 is 0. The zero-order valence-corrected chi connectivity index (χ0v) is 24.4. The standard InChI is InChI=1S/C27H50N3O8P/c1-2-3-4-5-6-7-8-9-10-11-12-13-14-15-16-17-20-36-39(34,35)37-21-22-24(31)25(32)26(38-22)29-23-18-19-28-27(33)30-23/h18-19,22,24-26,31-32H,2-17,20-21H2,1H3,(H,34,35)(H2,28,29,30,33)/t22-,24-,25+,26?/m1/s1. The van der Waals surface area contributed by atoms with E-state index < -0.39 is 44.7 Å². The highest BCUT2D eigenvalue weighted by Crippen LogP contribution is 2.44. The van der Waals surface area contributed by atoms with E-state index >= 15 is 0 Å². The number of nitrogens with zero attached hydrogens (tertiary/aromatic N) is 1. The summed E-state index contributed by atoms with van der Waals surface area (Å²) < 4.78 is 27.7. The topological polar surface area (TPSA) is 163 Å². The van der Waals surface area contributed by atoms with Gasteiger partial charge in [-0.25, -0.2) is 9.36 Å². The second-order valence-corrected chi connectivity index (χ2v) is 11.9. The largest absolute Gasteiger partial charge is 0.472 e. The molecule has 0 spiro atoms. The molecule has 1 aromatic heterocycles. The average molecular weight is 576 g/mol. The molecule has 5 atom stereocenters. The van der Waals surface area contributed by atoms with E-state index in [1.807, 2.05) is 0 Å². The van der Waals surface area contributed by atoms with E-state index in [0.29, 0.717) is 6.42 Å². The molecule has 0 bridgehead atoms. The molecule has 1 aliphatic rings. The lowest BCUT2D eigenvalue weighted by Gasteiger charge is -2.17. The average Bonchev–Trinajstić information content (AvgIpc) is 3.17. The number of aromatic amines is 1. The molecule has 1 aliphatic heterocycles. The zero-order valence-electron chi connectivity index (χ0n) is 23.5. The van der Waals surface area contributed by atoms with E-state index in [-0.39, 0.29) is 12.4 Å². The second-order valence-electron chi connectivity index (χ2n) is 10.4. The van der Waals surface area contributed by atoms with Crippen LogP contribution < -0.4 is 11.0 Å². The van der Waals surface area contributed by atoms with Crippen molar-refractivity contribution in [2.75, 3.05) is 18.5 Å². The maximum Gasteiger partial charge on any atom is 0.472 e. The predicted molar refractivity (Wildman–Crippen MR) is 150 cm³/mol. The fourth-order valence-electron chi connectivity index (χ4n) is 4.64. The van der Waals surface area contributed by atoms with Crippen molar-refractivity contribution < 1.29 is 33.5 Å². The Hall–Kier alpha value is -1.33. The summed E-state index contributed by atoms with van der Waals surface area (Å²) in [6, 6.07) is 1.46. The number of hydrogen-bond donors (Lipinski definition) is 5. The highest BCUT2D eigenvalue weighted by molar-refractivity contribution is 7.47. The van der Waals surface area contributed by atoms with Crippen LogP contribution in [0.5, 0.6) is 0 Å². The minimum Gasteiger partial charge on any atom is -0.387 e. The number of phosphoric acid groups is 1. The van der Waals surface area contributed by atoms with Gasteiger partial charge in [-0.1, -0.05) is 103 Å². The van der Waals surface area contributed by atoms with Crippen molar-refractivity contribution in [2.24, 2.45) is 0 Å². The van der Waals surface area contributed by atoms with Gasteiger partial charge in [-0.3, -0.25) is 9.05 Å². The summed E-state index contributed by atoms with van der Waals surface area (Å²) in [6.07, 6.45) is 16.4. The summed E-state index contributed by atoms with van der Waals surface area (Å²) in [4.78, 5) is 27.3. The molecular formula is C27H50N3O8P. The third-order valence-electron chi connectivity index (χ3n) is 6.98. The van der Waals surface area contributed by atoms with Crippen LogP contribution in [0.4, 0.5) is 5.82 Å². The van der Waals surface area contributed by atoms with Crippen LogP contribution in [0.3, 0.4) is 0 Å². The van der Waals surface area contributed by atoms with Crippen LogP contribution in [-0.2, 0) is 18.3 Å². The molecule has 226 valence electrons. The van der Waals surface area contributed by atoms with Crippen molar-refractivity contribution >= 4 is 13.6 Å². The third-order valence-corrected chi connectivity index (χ3v) is 7.96. The van der Waals surface area contributed by atoms with E-state index in [1.165, 1.54) is 89.3 Å². The lowest BCUT2D eigenvalue weighted by Crippen LogP contribution is -2.37. The van der Waals surface area contributed by atoms with Gasteiger partial charge in [-0.2, -0.15) is 4.98 Å². The lowest BCUT2D eigenvalue weighted by atomic mass is 10.0. The molecule has 5 N–H and O–H groups in total. The van der Waals surface area contributed by atoms with Crippen LogP contribution in [0.1, 0.15) is 110 Å². The molecule has 39 heavy (non-hydrogen) atoms. The molecule has 0 aromatic carbocycles. The molecule has 2 rings (SSSR count). The third kappa shape index (κ3) is 14.7. The van der Waals surface area contributed by atoms with E-state index in [4.69, 9.17) is 13.8 Å². The van der Waals surface area contributed by atoms with Gasteiger partial charge in [0.2, 0.25) is 0 Å². The number of phosphoric ester groups is 1. The fourth-order valence-corrected chi connectivity index (χ4v) is 5.41. The van der Waals surface area contributed by atoms with Crippen LogP contribution >= 0.6 is 7.82 Å². The molecule has 11 nitrogen and oxygen atoms in total. The quantitative estimate of drug-likeness (QED) is 0.0884. The molecule has 1 aromatic rings. The normalized spacial score (nSPS) is 22.7. The van der Waals surface area contributed by atoms with Gasteiger partial charge in [0.05, 0.1) is 13.2 Å². The number of aromatic nitrogens is 2. The highest BCUT2D eigenvalue weighted by atomic mass is 31.2. The van der Waals surface area contributed by atoms with Gasteiger partial charge in [-0.05, 0) is 12.5 Å².